The number of rotatable bonds is 3. The summed E-state index contributed by atoms with van der Waals surface area (Å²) in [5, 5.41) is 0.704. The van der Waals surface area contributed by atoms with E-state index in [1.54, 1.807) is 0 Å². The number of thioether (sulfide) groups is 1. The summed E-state index contributed by atoms with van der Waals surface area (Å²) in [5.74, 6) is 7.64. The molecule has 0 saturated carbocycles. The zero-order chi connectivity index (χ0) is 10.5. The molecule has 15 heavy (non-hydrogen) atoms. The van der Waals surface area contributed by atoms with Crippen molar-refractivity contribution < 1.29 is 4.74 Å². The average Bonchev–Trinajstić information content (AvgIpc) is 2.33. The summed E-state index contributed by atoms with van der Waals surface area (Å²) in [7, 11) is 0. The molecular formula is C11H22N2OS. The molecule has 88 valence electrons. The lowest BCUT2D eigenvalue weighted by Crippen LogP contribution is -2.50. The number of hydrogen-bond donors (Lipinski definition) is 2. The molecule has 2 fully saturated rings. The van der Waals surface area contributed by atoms with Crippen molar-refractivity contribution in [3.05, 3.63) is 0 Å². The van der Waals surface area contributed by atoms with Crippen molar-refractivity contribution in [3.8, 4) is 0 Å². The fourth-order valence-electron chi connectivity index (χ4n) is 2.64. The van der Waals surface area contributed by atoms with E-state index in [4.69, 9.17) is 10.6 Å². The topological polar surface area (TPSA) is 47.3 Å². The van der Waals surface area contributed by atoms with Gasteiger partial charge in [0.15, 0.2) is 0 Å². The molecule has 0 bridgehead atoms. The fraction of sp³-hybridized carbons (Fsp3) is 1.00. The predicted octanol–water partition coefficient (Wildman–Crippen LogP) is 1.53. The summed E-state index contributed by atoms with van der Waals surface area (Å²) in [5.41, 5.74) is 3.04. The Hall–Kier alpha value is 0.230. The van der Waals surface area contributed by atoms with Crippen molar-refractivity contribution in [2.24, 2.45) is 11.8 Å². The molecule has 2 saturated heterocycles. The van der Waals surface area contributed by atoms with Gasteiger partial charge in [0.05, 0.1) is 6.61 Å². The Kier molecular flexibility index (Phi) is 4.75. The molecule has 3 nitrogen and oxygen atoms in total. The first-order valence-corrected chi connectivity index (χ1v) is 7.12. The van der Waals surface area contributed by atoms with Crippen molar-refractivity contribution in [1.29, 1.82) is 0 Å². The van der Waals surface area contributed by atoms with Crippen molar-refractivity contribution in [3.63, 3.8) is 0 Å². The Morgan fingerprint density at radius 2 is 2.20 bits per heavy atom. The SMILES string of the molecule is NNC(C1CCCOC1)C1CCCCS1. The third-order valence-electron chi connectivity index (χ3n) is 3.51. The molecule has 0 aromatic rings. The number of nitrogens with one attached hydrogen (secondary N) is 1. The molecule has 2 heterocycles. The van der Waals surface area contributed by atoms with Crippen LogP contribution < -0.4 is 11.3 Å². The third kappa shape index (κ3) is 3.09. The summed E-state index contributed by atoms with van der Waals surface area (Å²) >= 11 is 2.09. The van der Waals surface area contributed by atoms with E-state index >= 15 is 0 Å². The van der Waals surface area contributed by atoms with Crippen molar-refractivity contribution in [2.75, 3.05) is 19.0 Å². The highest BCUT2D eigenvalue weighted by Gasteiger charge is 2.31. The maximum absolute atomic E-state index is 5.72. The first-order valence-electron chi connectivity index (χ1n) is 6.07. The van der Waals surface area contributed by atoms with Gasteiger partial charge in [-0.05, 0) is 31.4 Å². The van der Waals surface area contributed by atoms with Gasteiger partial charge in [0.1, 0.15) is 0 Å². The van der Waals surface area contributed by atoms with Gasteiger partial charge < -0.3 is 4.74 Å². The molecule has 3 atom stereocenters. The first-order chi connectivity index (χ1) is 7.42. The van der Waals surface area contributed by atoms with Gasteiger partial charge in [-0.25, -0.2) is 0 Å². The van der Waals surface area contributed by atoms with Crippen LogP contribution in [0.1, 0.15) is 32.1 Å². The molecule has 0 spiro atoms. The van der Waals surface area contributed by atoms with Crippen LogP contribution in [0.15, 0.2) is 0 Å². The van der Waals surface area contributed by atoms with E-state index in [1.807, 2.05) is 0 Å². The van der Waals surface area contributed by atoms with Crippen LogP contribution in [0.4, 0.5) is 0 Å². The monoisotopic (exact) mass is 230 g/mol. The maximum atomic E-state index is 5.72. The number of hydrogen-bond acceptors (Lipinski definition) is 4. The van der Waals surface area contributed by atoms with Gasteiger partial charge in [-0.15, -0.1) is 0 Å². The van der Waals surface area contributed by atoms with Crippen molar-refractivity contribution >= 4 is 11.8 Å². The Morgan fingerprint density at radius 3 is 2.80 bits per heavy atom. The summed E-state index contributed by atoms with van der Waals surface area (Å²) in [4.78, 5) is 0. The van der Waals surface area contributed by atoms with Gasteiger partial charge in [0, 0.05) is 23.8 Å². The molecule has 0 aromatic heterocycles. The van der Waals surface area contributed by atoms with Crippen LogP contribution in [0.25, 0.3) is 0 Å². The van der Waals surface area contributed by atoms with E-state index in [0.717, 1.165) is 13.2 Å². The van der Waals surface area contributed by atoms with E-state index in [9.17, 15) is 0 Å². The summed E-state index contributed by atoms with van der Waals surface area (Å²) in [6, 6.07) is 0.454. The standard InChI is InChI=1S/C11H22N2OS/c12-13-11(9-4-3-6-14-8-9)10-5-1-2-7-15-10/h9-11,13H,1-8,12H2. The van der Waals surface area contributed by atoms with Gasteiger partial charge in [0.25, 0.3) is 0 Å². The van der Waals surface area contributed by atoms with Crippen LogP contribution in [0.5, 0.6) is 0 Å². The number of ether oxygens (including phenoxy) is 1. The van der Waals surface area contributed by atoms with Gasteiger partial charge in [0.2, 0.25) is 0 Å². The second-order valence-corrected chi connectivity index (χ2v) is 5.92. The highest BCUT2D eigenvalue weighted by atomic mass is 32.2. The second-order valence-electron chi connectivity index (χ2n) is 4.57. The van der Waals surface area contributed by atoms with Crippen LogP contribution in [0.2, 0.25) is 0 Å². The quantitative estimate of drug-likeness (QED) is 0.570. The molecular weight excluding hydrogens is 208 g/mol. The minimum absolute atomic E-state index is 0.454. The molecule has 4 heteroatoms. The predicted molar refractivity (Wildman–Crippen MR) is 64.8 cm³/mol. The normalized spacial score (nSPS) is 35.0. The second kappa shape index (κ2) is 6.09. The van der Waals surface area contributed by atoms with Gasteiger partial charge in [-0.1, -0.05) is 6.42 Å². The zero-order valence-electron chi connectivity index (χ0n) is 9.28. The van der Waals surface area contributed by atoms with E-state index in [0.29, 0.717) is 17.2 Å². The molecule has 3 unspecified atom stereocenters. The van der Waals surface area contributed by atoms with Gasteiger partial charge >= 0.3 is 0 Å². The summed E-state index contributed by atoms with van der Waals surface area (Å²) in [6.07, 6.45) is 6.52. The molecule has 3 N–H and O–H groups in total. The van der Waals surface area contributed by atoms with E-state index in [-0.39, 0.29) is 0 Å². The molecule has 2 aliphatic rings. The van der Waals surface area contributed by atoms with Crippen LogP contribution in [-0.2, 0) is 4.74 Å². The molecule has 0 aliphatic carbocycles. The summed E-state index contributed by atoms with van der Waals surface area (Å²) in [6.45, 7) is 1.83. The lowest BCUT2D eigenvalue weighted by molar-refractivity contribution is 0.0384. The highest BCUT2D eigenvalue weighted by Crippen LogP contribution is 2.32. The Balaban J connectivity index is 1.88. The first kappa shape index (κ1) is 11.7. The molecule has 0 amide bonds. The Labute approximate surface area is 96.5 Å². The summed E-state index contributed by atoms with van der Waals surface area (Å²) < 4.78 is 5.55. The molecule has 0 radical (unpaired) electrons. The zero-order valence-corrected chi connectivity index (χ0v) is 10.1. The number of hydrazine groups is 1. The molecule has 0 aromatic carbocycles. The maximum Gasteiger partial charge on any atom is 0.0510 e. The molecule has 2 rings (SSSR count). The van der Waals surface area contributed by atoms with E-state index in [1.165, 1.54) is 37.9 Å². The fourth-order valence-corrected chi connectivity index (χ4v) is 4.16. The lowest BCUT2D eigenvalue weighted by atomic mass is 9.90. The van der Waals surface area contributed by atoms with Crippen LogP contribution in [0, 0.1) is 5.92 Å². The highest BCUT2D eigenvalue weighted by molar-refractivity contribution is 8.00. The van der Waals surface area contributed by atoms with Gasteiger partial charge in [-0.3, -0.25) is 11.3 Å². The van der Waals surface area contributed by atoms with Crippen LogP contribution >= 0.6 is 11.8 Å². The largest absolute Gasteiger partial charge is 0.381 e. The van der Waals surface area contributed by atoms with Crippen molar-refractivity contribution in [2.45, 2.75) is 43.4 Å². The van der Waals surface area contributed by atoms with Crippen molar-refractivity contribution in [1.82, 2.24) is 5.43 Å². The third-order valence-corrected chi connectivity index (χ3v) is 4.99. The Bertz CT molecular complexity index is 161. The minimum atomic E-state index is 0.454. The lowest BCUT2D eigenvalue weighted by Gasteiger charge is -2.36. The van der Waals surface area contributed by atoms with Crippen LogP contribution in [0.3, 0.4) is 0 Å². The van der Waals surface area contributed by atoms with Gasteiger partial charge in [-0.2, -0.15) is 11.8 Å². The van der Waals surface area contributed by atoms with E-state index in [2.05, 4.69) is 17.2 Å². The Morgan fingerprint density at radius 1 is 1.27 bits per heavy atom. The average molecular weight is 230 g/mol. The van der Waals surface area contributed by atoms with Crippen LogP contribution in [-0.4, -0.2) is 30.3 Å². The molecule has 2 aliphatic heterocycles. The van der Waals surface area contributed by atoms with E-state index < -0.39 is 0 Å². The smallest absolute Gasteiger partial charge is 0.0510 e. The minimum Gasteiger partial charge on any atom is -0.381 e. The number of nitrogens with two attached hydrogens (primary N) is 1.